The Bertz CT molecular complexity index is 605. The molecule has 0 atom stereocenters. The zero-order chi connectivity index (χ0) is 12.5. The third-order valence-electron chi connectivity index (χ3n) is 2.33. The van der Waals surface area contributed by atoms with Crippen LogP contribution in [0, 0.1) is 6.92 Å². The Kier molecular flexibility index (Phi) is 2.89. The molecule has 2 aromatic rings. The van der Waals surface area contributed by atoms with Crippen LogP contribution in [0.3, 0.4) is 0 Å². The van der Waals surface area contributed by atoms with E-state index >= 15 is 0 Å². The number of para-hydroxylation sites is 1. The largest absolute Gasteiger partial charge is 0.428 e. The molecule has 6 heteroatoms. The number of benzene rings is 1. The van der Waals surface area contributed by atoms with Crippen molar-refractivity contribution in [2.75, 3.05) is 11.4 Å². The van der Waals surface area contributed by atoms with Gasteiger partial charge in [0.25, 0.3) is 15.1 Å². The van der Waals surface area contributed by atoms with Crippen LogP contribution >= 0.6 is 0 Å². The average molecular weight is 252 g/mol. The standard InChI is InChI=1S/C11H12N2O3S/c1-9-12-8-11(16-9)17(14,15)13(2)10-6-4-3-5-7-10/h3-8H,1-2H3. The van der Waals surface area contributed by atoms with Crippen LogP contribution in [0.4, 0.5) is 5.69 Å². The van der Waals surface area contributed by atoms with Gasteiger partial charge in [0.05, 0.1) is 11.9 Å². The molecule has 1 heterocycles. The van der Waals surface area contributed by atoms with Crippen molar-refractivity contribution >= 4 is 15.7 Å². The molecule has 0 amide bonds. The van der Waals surface area contributed by atoms with Gasteiger partial charge < -0.3 is 4.42 Å². The van der Waals surface area contributed by atoms with Crippen molar-refractivity contribution < 1.29 is 12.8 Å². The summed E-state index contributed by atoms with van der Waals surface area (Å²) in [6.07, 6.45) is 1.21. The lowest BCUT2D eigenvalue weighted by Gasteiger charge is -2.17. The van der Waals surface area contributed by atoms with E-state index in [1.165, 1.54) is 13.2 Å². The van der Waals surface area contributed by atoms with Gasteiger partial charge in [0.2, 0.25) is 0 Å². The topological polar surface area (TPSA) is 63.4 Å². The SMILES string of the molecule is Cc1ncc(S(=O)(=O)N(C)c2ccccc2)o1. The summed E-state index contributed by atoms with van der Waals surface area (Å²) in [6, 6.07) is 8.78. The Morgan fingerprint density at radius 3 is 2.41 bits per heavy atom. The van der Waals surface area contributed by atoms with Crippen LogP contribution < -0.4 is 4.31 Å². The van der Waals surface area contributed by atoms with Crippen LogP contribution in [0.1, 0.15) is 5.89 Å². The maximum atomic E-state index is 12.1. The first-order valence-electron chi connectivity index (χ1n) is 4.98. The number of rotatable bonds is 3. The summed E-state index contributed by atoms with van der Waals surface area (Å²) in [5.74, 6) is 0.324. The molecule has 0 aliphatic heterocycles. The van der Waals surface area contributed by atoms with E-state index in [2.05, 4.69) is 4.98 Å². The van der Waals surface area contributed by atoms with E-state index < -0.39 is 10.0 Å². The lowest BCUT2D eigenvalue weighted by atomic mass is 10.3. The Labute approximate surface area is 99.8 Å². The molecule has 0 radical (unpaired) electrons. The summed E-state index contributed by atoms with van der Waals surface area (Å²) in [5.41, 5.74) is 0.571. The molecular weight excluding hydrogens is 240 g/mol. The van der Waals surface area contributed by atoms with E-state index in [4.69, 9.17) is 4.42 Å². The highest BCUT2D eigenvalue weighted by Crippen LogP contribution is 2.21. The van der Waals surface area contributed by atoms with E-state index in [1.54, 1.807) is 31.2 Å². The highest BCUT2D eigenvalue weighted by atomic mass is 32.2. The summed E-state index contributed by atoms with van der Waals surface area (Å²) >= 11 is 0. The van der Waals surface area contributed by atoms with Gasteiger partial charge in [-0.1, -0.05) is 18.2 Å². The second kappa shape index (κ2) is 4.21. The van der Waals surface area contributed by atoms with Crippen molar-refractivity contribution in [3.8, 4) is 0 Å². The fourth-order valence-corrected chi connectivity index (χ4v) is 2.45. The van der Waals surface area contributed by atoms with Crippen LogP contribution in [0.2, 0.25) is 0 Å². The first kappa shape index (κ1) is 11.7. The summed E-state index contributed by atoms with van der Waals surface area (Å²) in [5, 5.41) is -0.152. The van der Waals surface area contributed by atoms with E-state index in [9.17, 15) is 8.42 Å². The first-order valence-corrected chi connectivity index (χ1v) is 6.42. The Morgan fingerprint density at radius 1 is 1.24 bits per heavy atom. The van der Waals surface area contributed by atoms with Gasteiger partial charge in [0, 0.05) is 14.0 Å². The van der Waals surface area contributed by atoms with Gasteiger partial charge in [-0.25, -0.2) is 4.98 Å². The van der Waals surface area contributed by atoms with Gasteiger partial charge in [-0.2, -0.15) is 8.42 Å². The van der Waals surface area contributed by atoms with Crippen LogP contribution in [-0.4, -0.2) is 20.4 Å². The molecule has 90 valence electrons. The average Bonchev–Trinajstić information content (AvgIpc) is 2.77. The monoisotopic (exact) mass is 252 g/mol. The van der Waals surface area contributed by atoms with Gasteiger partial charge >= 0.3 is 0 Å². The van der Waals surface area contributed by atoms with Crippen molar-refractivity contribution in [3.63, 3.8) is 0 Å². The minimum atomic E-state index is -3.67. The van der Waals surface area contributed by atoms with Crippen molar-refractivity contribution in [3.05, 3.63) is 42.4 Å². The molecule has 0 aliphatic carbocycles. The fraction of sp³-hybridized carbons (Fsp3) is 0.182. The first-order chi connectivity index (χ1) is 8.01. The molecule has 17 heavy (non-hydrogen) atoms. The third kappa shape index (κ3) is 2.16. The molecule has 0 N–H and O–H groups in total. The predicted molar refractivity (Wildman–Crippen MR) is 63.3 cm³/mol. The van der Waals surface area contributed by atoms with Gasteiger partial charge in [0.15, 0.2) is 5.89 Å². The molecule has 0 aliphatic rings. The van der Waals surface area contributed by atoms with Crippen molar-refractivity contribution in [1.29, 1.82) is 0 Å². The van der Waals surface area contributed by atoms with Crippen LogP contribution in [0.25, 0.3) is 0 Å². The van der Waals surface area contributed by atoms with E-state index in [0.29, 0.717) is 11.6 Å². The third-order valence-corrected chi connectivity index (χ3v) is 3.96. The maximum absolute atomic E-state index is 12.1. The second-order valence-electron chi connectivity index (χ2n) is 3.51. The van der Waals surface area contributed by atoms with Gasteiger partial charge in [0.1, 0.15) is 0 Å². The molecule has 0 saturated heterocycles. The van der Waals surface area contributed by atoms with E-state index in [0.717, 1.165) is 4.31 Å². The number of hydrogen-bond acceptors (Lipinski definition) is 4. The number of hydrogen-bond donors (Lipinski definition) is 0. The molecule has 2 rings (SSSR count). The van der Waals surface area contributed by atoms with Gasteiger partial charge in [-0.3, -0.25) is 4.31 Å². The summed E-state index contributed by atoms with van der Waals surface area (Å²) in [6.45, 7) is 1.60. The van der Waals surface area contributed by atoms with E-state index in [-0.39, 0.29) is 5.09 Å². The predicted octanol–water partition coefficient (Wildman–Crippen LogP) is 1.81. The summed E-state index contributed by atoms with van der Waals surface area (Å²) < 4.78 is 30.5. The van der Waals surface area contributed by atoms with Gasteiger partial charge in [-0.05, 0) is 12.1 Å². The van der Waals surface area contributed by atoms with Gasteiger partial charge in [-0.15, -0.1) is 0 Å². The molecule has 0 spiro atoms. The number of aryl methyl sites for hydroxylation is 1. The number of anilines is 1. The Hall–Kier alpha value is -1.82. The zero-order valence-corrected chi connectivity index (χ0v) is 10.3. The van der Waals surface area contributed by atoms with E-state index in [1.807, 2.05) is 6.07 Å². The maximum Gasteiger partial charge on any atom is 0.299 e. The smallest absolute Gasteiger partial charge is 0.299 e. The number of nitrogens with zero attached hydrogens (tertiary/aromatic N) is 2. The minimum absolute atomic E-state index is 0.152. The number of aromatic nitrogens is 1. The second-order valence-corrected chi connectivity index (χ2v) is 5.41. The van der Waals surface area contributed by atoms with Crippen molar-refractivity contribution in [2.45, 2.75) is 12.0 Å². The highest BCUT2D eigenvalue weighted by Gasteiger charge is 2.25. The quantitative estimate of drug-likeness (QED) is 0.835. The molecule has 1 aromatic heterocycles. The zero-order valence-electron chi connectivity index (χ0n) is 9.49. The van der Waals surface area contributed by atoms with Crippen LogP contribution in [0.15, 0.2) is 46.0 Å². The lowest BCUT2D eigenvalue weighted by Crippen LogP contribution is -2.26. The molecule has 0 bridgehead atoms. The molecule has 5 nitrogen and oxygen atoms in total. The lowest BCUT2D eigenvalue weighted by molar-refractivity contribution is 0.423. The molecular formula is C11H12N2O3S. The highest BCUT2D eigenvalue weighted by molar-refractivity contribution is 7.92. The number of oxazole rings is 1. The van der Waals surface area contributed by atoms with Crippen LogP contribution in [0.5, 0.6) is 0 Å². The molecule has 0 fully saturated rings. The Morgan fingerprint density at radius 2 is 1.88 bits per heavy atom. The molecule has 1 aromatic carbocycles. The summed E-state index contributed by atoms with van der Waals surface area (Å²) in [4.78, 5) is 3.79. The minimum Gasteiger partial charge on any atom is -0.428 e. The number of sulfonamides is 1. The Balaban J connectivity index is 2.40. The van der Waals surface area contributed by atoms with Crippen LogP contribution in [-0.2, 0) is 10.0 Å². The molecule has 0 unspecified atom stereocenters. The summed E-state index contributed by atoms with van der Waals surface area (Å²) in [7, 11) is -2.19. The van der Waals surface area contributed by atoms with Crippen molar-refractivity contribution in [2.24, 2.45) is 0 Å². The molecule has 0 saturated carbocycles. The normalized spacial score (nSPS) is 11.4. The van der Waals surface area contributed by atoms with Crippen molar-refractivity contribution in [1.82, 2.24) is 4.98 Å². The fourth-order valence-electron chi connectivity index (χ4n) is 1.37.